The second kappa shape index (κ2) is 10.4. The smallest absolute Gasteiger partial charge is 0.409 e. The van der Waals surface area contributed by atoms with Crippen LogP contribution in [0.25, 0.3) is 0 Å². The van der Waals surface area contributed by atoms with Gasteiger partial charge in [0.15, 0.2) is 11.5 Å². The molecule has 174 valence electrons. The van der Waals surface area contributed by atoms with E-state index < -0.39 is 0 Å². The molecule has 0 bridgehead atoms. The normalized spacial score (nSPS) is 13.9. The first-order valence-electron chi connectivity index (χ1n) is 10.7. The van der Waals surface area contributed by atoms with E-state index in [4.69, 9.17) is 18.7 Å². The number of benzene rings is 1. The molecule has 1 aliphatic rings. The van der Waals surface area contributed by atoms with E-state index >= 15 is 0 Å². The molecule has 0 radical (unpaired) electrons. The summed E-state index contributed by atoms with van der Waals surface area (Å²) >= 11 is 0. The van der Waals surface area contributed by atoms with E-state index in [1.54, 1.807) is 28.0 Å². The highest BCUT2D eigenvalue weighted by atomic mass is 16.6. The maximum absolute atomic E-state index is 13.0. The lowest BCUT2D eigenvalue weighted by Crippen LogP contribution is -2.50. The third kappa shape index (κ3) is 5.52. The maximum Gasteiger partial charge on any atom is 0.409 e. The van der Waals surface area contributed by atoms with Crippen LogP contribution in [0.4, 0.5) is 4.79 Å². The molecular formula is C23H31N3O6. The van der Waals surface area contributed by atoms with Crippen molar-refractivity contribution in [2.24, 2.45) is 5.92 Å². The summed E-state index contributed by atoms with van der Waals surface area (Å²) < 4.78 is 21.8. The Kier molecular flexibility index (Phi) is 7.61. The summed E-state index contributed by atoms with van der Waals surface area (Å²) in [4.78, 5) is 28.5. The molecule has 1 fully saturated rings. The number of piperazine rings is 1. The molecule has 2 amide bonds. The average Bonchev–Trinajstić information content (AvgIpc) is 3.12. The van der Waals surface area contributed by atoms with Crippen molar-refractivity contribution in [1.82, 2.24) is 15.0 Å². The lowest BCUT2D eigenvalue weighted by Gasteiger charge is -2.34. The highest BCUT2D eigenvalue weighted by Crippen LogP contribution is 2.30. The fourth-order valence-corrected chi connectivity index (χ4v) is 3.38. The summed E-state index contributed by atoms with van der Waals surface area (Å²) in [5.41, 5.74) is 2.17. The van der Waals surface area contributed by atoms with Gasteiger partial charge in [0.25, 0.3) is 5.91 Å². The van der Waals surface area contributed by atoms with E-state index in [9.17, 15) is 9.59 Å². The van der Waals surface area contributed by atoms with Crippen LogP contribution in [0.5, 0.6) is 11.5 Å². The van der Waals surface area contributed by atoms with Crippen LogP contribution in [-0.4, -0.2) is 66.9 Å². The number of aryl methyl sites for hydroxylation is 2. The first-order valence-corrected chi connectivity index (χ1v) is 10.7. The first-order chi connectivity index (χ1) is 15.3. The quantitative estimate of drug-likeness (QED) is 0.644. The topological polar surface area (TPSA) is 94.3 Å². The van der Waals surface area contributed by atoms with E-state index in [1.165, 1.54) is 7.11 Å². The minimum atomic E-state index is -0.327. The molecule has 0 N–H and O–H groups in total. The third-order valence-corrected chi connectivity index (χ3v) is 5.33. The van der Waals surface area contributed by atoms with Crippen LogP contribution < -0.4 is 9.47 Å². The molecule has 2 heterocycles. The zero-order chi connectivity index (χ0) is 23.3. The number of carbonyl (C=O) groups excluding carboxylic acids is 2. The first kappa shape index (κ1) is 23.4. The largest absolute Gasteiger partial charge is 0.493 e. The Morgan fingerprint density at radius 2 is 1.78 bits per heavy atom. The molecule has 1 aliphatic heterocycles. The van der Waals surface area contributed by atoms with Gasteiger partial charge in [-0.05, 0) is 38.0 Å². The molecule has 1 aromatic carbocycles. The van der Waals surface area contributed by atoms with Gasteiger partial charge in [0.05, 0.1) is 25.0 Å². The Bertz CT molecular complexity index is 928. The second-order valence-electron chi connectivity index (χ2n) is 8.21. The number of carbonyl (C=O) groups is 2. The summed E-state index contributed by atoms with van der Waals surface area (Å²) in [6.07, 6.45) is -0.327. The van der Waals surface area contributed by atoms with E-state index in [0.29, 0.717) is 62.2 Å². The van der Waals surface area contributed by atoms with Gasteiger partial charge in [-0.3, -0.25) is 4.79 Å². The van der Waals surface area contributed by atoms with Crippen LogP contribution in [-0.2, 0) is 11.3 Å². The van der Waals surface area contributed by atoms with Crippen molar-refractivity contribution in [3.63, 3.8) is 0 Å². The van der Waals surface area contributed by atoms with Crippen molar-refractivity contribution < 1.29 is 28.3 Å². The van der Waals surface area contributed by atoms with Crippen molar-refractivity contribution in [3.8, 4) is 11.5 Å². The molecule has 1 saturated heterocycles. The van der Waals surface area contributed by atoms with Gasteiger partial charge in [0.2, 0.25) is 0 Å². The molecule has 2 aromatic rings. The zero-order valence-electron chi connectivity index (χ0n) is 19.3. The number of methoxy groups -OCH3 is 1. The lowest BCUT2D eigenvalue weighted by molar-refractivity contribution is 0.0535. The van der Waals surface area contributed by atoms with Gasteiger partial charge < -0.3 is 28.5 Å². The number of hydrogen-bond acceptors (Lipinski definition) is 7. The molecule has 0 unspecified atom stereocenters. The van der Waals surface area contributed by atoms with Crippen molar-refractivity contribution in [3.05, 3.63) is 40.8 Å². The standard InChI is InChI=1S/C23H31N3O6/c1-15(2)13-31-23(28)26-10-8-25(9-11-26)22(27)18-6-7-20(21(12-18)29-5)30-14-19-16(3)24-32-17(19)4/h6-7,12,15H,8-11,13-14H2,1-5H3. The van der Waals surface area contributed by atoms with Gasteiger partial charge in [-0.25, -0.2) is 4.79 Å². The van der Waals surface area contributed by atoms with E-state index in [-0.39, 0.29) is 17.9 Å². The highest BCUT2D eigenvalue weighted by Gasteiger charge is 2.26. The fourth-order valence-electron chi connectivity index (χ4n) is 3.38. The average molecular weight is 446 g/mol. The predicted octanol–water partition coefficient (Wildman–Crippen LogP) is 3.43. The molecule has 0 saturated carbocycles. The number of aromatic nitrogens is 1. The molecule has 0 aliphatic carbocycles. The van der Waals surface area contributed by atoms with Gasteiger partial charge in [-0.1, -0.05) is 19.0 Å². The fraction of sp³-hybridized carbons (Fsp3) is 0.522. The van der Waals surface area contributed by atoms with Crippen LogP contribution in [0.1, 0.15) is 41.2 Å². The molecule has 3 rings (SSSR count). The minimum Gasteiger partial charge on any atom is -0.493 e. The Hall–Kier alpha value is -3.23. The maximum atomic E-state index is 13.0. The summed E-state index contributed by atoms with van der Waals surface area (Å²) in [5.74, 6) is 1.88. The highest BCUT2D eigenvalue weighted by molar-refractivity contribution is 5.95. The van der Waals surface area contributed by atoms with Crippen LogP contribution in [0.2, 0.25) is 0 Å². The van der Waals surface area contributed by atoms with Crippen LogP contribution in [0.3, 0.4) is 0 Å². The molecule has 32 heavy (non-hydrogen) atoms. The lowest BCUT2D eigenvalue weighted by atomic mass is 10.1. The van der Waals surface area contributed by atoms with Gasteiger partial charge in [0.1, 0.15) is 12.4 Å². The number of amides is 2. The van der Waals surface area contributed by atoms with Gasteiger partial charge in [-0.2, -0.15) is 0 Å². The summed E-state index contributed by atoms with van der Waals surface area (Å²) in [5, 5.41) is 3.93. The third-order valence-electron chi connectivity index (χ3n) is 5.33. The molecule has 0 spiro atoms. The Labute approximate surface area is 188 Å². The summed E-state index contributed by atoms with van der Waals surface area (Å²) in [6.45, 7) is 10.1. The number of rotatable bonds is 7. The van der Waals surface area contributed by atoms with Gasteiger partial charge >= 0.3 is 6.09 Å². The van der Waals surface area contributed by atoms with E-state index in [0.717, 1.165) is 11.3 Å². The van der Waals surface area contributed by atoms with Gasteiger partial charge in [0, 0.05) is 31.7 Å². The monoisotopic (exact) mass is 445 g/mol. The van der Waals surface area contributed by atoms with Crippen molar-refractivity contribution in [1.29, 1.82) is 0 Å². The molecule has 9 nitrogen and oxygen atoms in total. The number of nitrogens with zero attached hydrogens (tertiary/aromatic N) is 3. The molecule has 1 aromatic heterocycles. The van der Waals surface area contributed by atoms with Crippen molar-refractivity contribution in [2.45, 2.75) is 34.3 Å². The SMILES string of the molecule is COc1cc(C(=O)N2CCN(C(=O)OCC(C)C)CC2)ccc1OCc1c(C)noc1C. The summed E-state index contributed by atoms with van der Waals surface area (Å²) in [7, 11) is 1.54. The van der Waals surface area contributed by atoms with Crippen molar-refractivity contribution >= 4 is 12.0 Å². The zero-order valence-corrected chi connectivity index (χ0v) is 19.3. The molecular weight excluding hydrogens is 414 g/mol. The minimum absolute atomic E-state index is 0.115. The molecule has 0 atom stereocenters. The number of ether oxygens (including phenoxy) is 3. The van der Waals surface area contributed by atoms with Crippen LogP contribution in [0.15, 0.2) is 22.7 Å². The Morgan fingerprint density at radius 3 is 2.38 bits per heavy atom. The van der Waals surface area contributed by atoms with Crippen LogP contribution >= 0.6 is 0 Å². The molecule has 9 heteroatoms. The predicted molar refractivity (Wildman–Crippen MR) is 117 cm³/mol. The number of hydrogen-bond donors (Lipinski definition) is 0. The van der Waals surface area contributed by atoms with Crippen molar-refractivity contribution in [2.75, 3.05) is 39.9 Å². The summed E-state index contributed by atoms with van der Waals surface area (Å²) in [6, 6.07) is 5.12. The van der Waals surface area contributed by atoms with Gasteiger partial charge in [-0.15, -0.1) is 0 Å². The van der Waals surface area contributed by atoms with Crippen LogP contribution in [0, 0.1) is 19.8 Å². The van der Waals surface area contributed by atoms with E-state index in [1.807, 2.05) is 27.7 Å². The van der Waals surface area contributed by atoms with E-state index in [2.05, 4.69) is 5.16 Å². The Morgan fingerprint density at radius 1 is 1.09 bits per heavy atom. The second-order valence-corrected chi connectivity index (χ2v) is 8.21. The Balaban J connectivity index is 1.59.